The Balaban J connectivity index is 1.64. The molecular weight excluding hydrogens is 284 g/mol. The van der Waals surface area contributed by atoms with Crippen molar-refractivity contribution in [2.45, 2.75) is 26.4 Å². The first-order valence-corrected chi connectivity index (χ1v) is 8.16. The van der Waals surface area contributed by atoms with Crippen molar-refractivity contribution in [2.24, 2.45) is 0 Å². The topological polar surface area (TPSA) is 50.3 Å². The Morgan fingerprint density at radius 3 is 3.14 bits per heavy atom. The number of aromatic nitrogens is 2. The minimum Gasteiger partial charge on any atom is -0.492 e. The van der Waals surface area contributed by atoms with Gasteiger partial charge in [-0.2, -0.15) is 0 Å². The third-order valence-electron chi connectivity index (χ3n) is 3.38. The first kappa shape index (κ1) is 14.3. The maximum atomic E-state index is 5.79. The van der Waals surface area contributed by atoms with Crippen LogP contribution in [0.4, 0.5) is 5.13 Å². The summed E-state index contributed by atoms with van der Waals surface area (Å²) in [6.07, 6.45) is 1.09. The van der Waals surface area contributed by atoms with Crippen LogP contribution in [0.25, 0.3) is 0 Å². The van der Waals surface area contributed by atoms with Crippen molar-refractivity contribution in [1.82, 2.24) is 15.1 Å². The Morgan fingerprint density at radius 2 is 2.24 bits per heavy atom. The van der Waals surface area contributed by atoms with Crippen molar-refractivity contribution in [3.63, 3.8) is 0 Å². The lowest BCUT2D eigenvalue weighted by molar-refractivity contribution is 0.219. The largest absolute Gasteiger partial charge is 0.492 e. The van der Waals surface area contributed by atoms with Gasteiger partial charge in [0.15, 0.2) is 0 Å². The zero-order chi connectivity index (χ0) is 14.5. The fourth-order valence-corrected chi connectivity index (χ4v) is 3.13. The zero-order valence-electron chi connectivity index (χ0n) is 12.2. The minimum atomic E-state index is 0.719. The van der Waals surface area contributed by atoms with E-state index in [1.54, 1.807) is 11.3 Å². The van der Waals surface area contributed by atoms with Crippen molar-refractivity contribution < 1.29 is 4.74 Å². The average Bonchev–Trinajstić information content (AvgIpc) is 2.83. The molecule has 0 saturated heterocycles. The molecule has 1 aliphatic heterocycles. The van der Waals surface area contributed by atoms with E-state index in [0.717, 1.165) is 55.1 Å². The summed E-state index contributed by atoms with van der Waals surface area (Å²) in [6.45, 7) is 6.43. The lowest BCUT2D eigenvalue weighted by atomic mass is 10.2. The summed E-state index contributed by atoms with van der Waals surface area (Å²) < 4.78 is 5.79. The molecule has 0 saturated carbocycles. The Hall–Kier alpha value is -1.66. The highest BCUT2D eigenvalue weighted by atomic mass is 32.1. The molecule has 5 nitrogen and oxygen atoms in total. The third-order valence-corrected chi connectivity index (χ3v) is 4.25. The number of hydrogen-bond acceptors (Lipinski definition) is 6. The van der Waals surface area contributed by atoms with E-state index < -0.39 is 0 Å². The van der Waals surface area contributed by atoms with Crippen LogP contribution in [0.15, 0.2) is 24.3 Å². The van der Waals surface area contributed by atoms with E-state index in [9.17, 15) is 0 Å². The SMILES string of the molecule is CCCNc1nnc(CN2CCOc3ccccc3C2)s1. The van der Waals surface area contributed by atoms with Gasteiger partial charge in [0.05, 0.1) is 6.54 Å². The van der Waals surface area contributed by atoms with Gasteiger partial charge in [0, 0.05) is 25.2 Å². The average molecular weight is 304 g/mol. The fourth-order valence-electron chi connectivity index (χ4n) is 2.33. The summed E-state index contributed by atoms with van der Waals surface area (Å²) in [5, 5.41) is 13.7. The van der Waals surface area contributed by atoms with Gasteiger partial charge in [0.25, 0.3) is 0 Å². The van der Waals surface area contributed by atoms with Gasteiger partial charge < -0.3 is 10.1 Å². The van der Waals surface area contributed by atoms with Gasteiger partial charge in [-0.3, -0.25) is 4.90 Å². The summed E-state index contributed by atoms with van der Waals surface area (Å²) in [6, 6.07) is 8.24. The first-order valence-electron chi connectivity index (χ1n) is 7.34. The summed E-state index contributed by atoms with van der Waals surface area (Å²) in [7, 11) is 0. The Morgan fingerprint density at radius 1 is 1.33 bits per heavy atom. The standard InChI is InChI=1S/C15H20N4OS/c1-2-7-16-15-18-17-14(21-15)11-19-8-9-20-13-6-4-3-5-12(13)10-19/h3-6H,2,7-11H2,1H3,(H,16,18). The second kappa shape index (κ2) is 6.87. The lowest BCUT2D eigenvalue weighted by Crippen LogP contribution is -2.25. The Kier molecular flexibility index (Phi) is 4.67. The zero-order valence-corrected chi connectivity index (χ0v) is 13.0. The maximum Gasteiger partial charge on any atom is 0.205 e. The van der Waals surface area contributed by atoms with E-state index in [2.05, 4.69) is 39.5 Å². The van der Waals surface area contributed by atoms with Gasteiger partial charge in [-0.25, -0.2) is 0 Å². The molecular formula is C15H20N4OS. The lowest BCUT2D eigenvalue weighted by Gasteiger charge is -2.17. The van der Waals surface area contributed by atoms with Crippen LogP contribution in [0.1, 0.15) is 23.9 Å². The molecule has 1 aromatic carbocycles. The highest BCUT2D eigenvalue weighted by molar-refractivity contribution is 7.15. The fraction of sp³-hybridized carbons (Fsp3) is 0.467. The molecule has 0 amide bonds. The number of para-hydroxylation sites is 1. The molecule has 0 atom stereocenters. The summed E-state index contributed by atoms with van der Waals surface area (Å²) in [4.78, 5) is 2.36. The quantitative estimate of drug-likeness (QED) is 0.920. The van der Waals surface area contributed by atoms with E-state index >= 15 is 0 Å². The van der Waals surface area contributed by atoms with Crippen LogP contribution in [0, 0.1) is 0 Å². The van der Waals surface area contributed by atoms with Crippen molar-refractivity contribution >= 4 is 16.5 Å². The van der Waals surface area contributed by atoms with Crippen molar-refractivity contribution in [3.8, 4) is 5.75 Å². The molecule has 1 N–H and O–H groups in total. The summed E-state index contributed by atoms with van der Waals surface area (Å²) >= 11 is 1.64. The van der Waals surface area contributed by atoms with Crippen LogP contribution >= 0.6 is 11.3 Å². The number of nitrogens with zero attached hydrogens (tertiary/aromatic N) is 3. The number of fused-ring (bicyclic) bond motifs is 1. The molecule has 6 heteroatoms. The highest BCUT2D eigenvalue weighted by Gasteiger charge is 2.16. The molecule has 1 aromatic heterocycles. The molecule has 0 spiro atoms. The predicted molar refractivity (Wildman–Crippen MR) is 84.7 cm³/mol. The molecule has 0 unspecified atom stereocenters. The molecule has 0 bridgehead atoms. The minimum absolute atomic E-state index is 0.719. The molecule has 0 fully saturated rings. The molecule has 3 rings (SSSR count). The predicted octanol–water partition coefficient (Wildman–Crippen LogP) is 2.75. The molecule has 112 valence electrons. The van der Waals surface area contributed by atoms with E-state index in [4.69, 9.17) is 4.74 Å². The first-order chi connectivity index (χ1) is 10.3. The third kappa shape index (κ3) is 3.71. The van der Waals surface area contributed by atoms with Gasteiger partial charge in [0.2, 0.25) is 5.13 Å². The molecule has 0 radical (unpaired) electrons. The number of hydrogen-bond donors (Lipinski definition) is 1. The van der Waals surface area contributed by atoms with Crippen molar-refractivity contribution in [1.29, 1.82) is 0 Å². The van der Waals surface area contributed by atoms with Gasteiger partial charge in [-0.15, -0.1) is 10.2 Å². The number of ether oxygens (including phenoxy) is 1. The van der Waals surface area contributed by atoms with E-state index in [1.165, 1.54) is 5.56 Å². The maximum absolute atomic E-state index is 5.79. The second-order valence-corrected chi connectivity index (χ2v) is 6.16. The van der Waals surface area contributed by atoms with Gasteiger partial charge >= 0.3 is 0 Å². The van der Waals surface area contributed by atoms with E-state index in [0.29, 0.717) is 0 Å². The number of rotatable bonds is 5. The molecule has 21 heavy (non-hydrogen) atoms. The van der Waals surface area contributed by atoms with Gasteiger partial charge in [-0.05, 0) is 12.5 Å². The number of anilines is 1. The van der Waals surface area contributed by atoms with Crippen molar-refractivity contribution in [2.75, 3.05) is 25.0 Å². The Labute approximate surface area is 129 Å². The van der Waals surface area contributed by atoms with Crippen molar-refractivity contribution in [3.05, 3.63) is 34.8 Å². The molecule has 1 aliphatic rings. The van der Waals surface area contributed by atoms with Gasteiger partial charge in [0.1, 0.15) is 17.4 Å². The Bertz CT molecular complexity index is 587. The van der Waals surface area contributed by atoms with Crippen LogP contribution in [0.3, 0.4) is 0 Å². The van der Waals surface area contributed by atoms with Crippen LogP contribution < -0.4 is 10.1 Å². The normalized spacial score (nSPS) is 15.1. The summed E-state index contributed by atoms with van der Waals surface area (Å²) in [5.74, 6) is 1.00. The second-order valence-electron chi connectivity index (χ2n) is 5.09. The highest BCUT2D eigenvalue weighted by Crippen LogP contribution is 2.24. The van der Waals surface area contributed by atoms with Crippen LogP contribution in [0.5, 0.6) is 5.75 Å². The molecule has 2 heterocycles. The van der Waals surface area contributed by atoms with E-state index in [1.807, 2.05) is 12.1 Å². The van der Waals surface area contributed by atoms with Crippen LogP contribution in [-0.4, -0.2) is 34.8 Å². The molecule has 2 aromatic rings. The number of benzene rings is 1. The van der Waals surface area contributed by atoms with Gasteiger partial charge in [-0.1, -0.05) is 36.5 Å². The molecule has 0 aliphatic carbocycles. The summed E-state index contributed by atoms with van der Waals surface area (Å²) in [5.41, 5.74) is 1.24. The smallest absolute Gasteiger partial charge is 0.205 e. The van der Waals surface area contributed by atoms with Crippen LogP contribution in [0.2, 0.25) is 0 Å². The van der Waals surface area contributed by atoms with Crippen LogP contribution in [-0.2, 0) is 13.1 Å². The number of nitrogens with one attached hydrogen (secondary N) is 1. The monoisotopic (exact) mass is 304 g/mol. The van der Waals surface area contributed by atoms with E-state index in [-0.39, 0.29) is 0 Å².